The van der Waals surface area contributed by atoms with Gasteiger partial charge in [-0.2, -0.15) is 0 Å². The van der Waals surface area contributed by atoms with Crippen LogP contribution in [0.2, 0.25) is 0 Å². The molecule has 1 saturated heterocycles. The number of anilines is 1. The minimum atomic E-state index is -0.969. The molecule has 1 aliphatic rings. The van der Waals surface area contributed by atoms with Gasteiger partial charge in [0.2, 0.25) is 0 Å². The van der Waals surface area contributed by atoms with Crippen LogP contribution in [0, 0.1) is 6.92 Å². The lowest BCUT2D eigenvalue weighted by Crippen LogP contribution is -2.46. The van der Waals surface area contributed by atoms with E-state index in [9.17, 15) is 9.59 Å². The van der Waals surface area contributed by atoms with Gasteiger partial charge < -0.3 is 10.4 Å². The molecule has 108 valence electrons. The van der Waals surface area contributed by atoms with Crippen molar-refractivity contribution >= 4 is 45.4 Å². The first kappa shape index (κ1) is 15.2. The monoisotopic (exact) mass is 358 g/mol. The lowest BCUT2D eigenvalue weighted by Gasteiger charge is -2.25. The summed E-state index contributed by atoms with van der Waals surface area (Å²) >= 11 is 4.86. The van der Waals surface area contributed by atoms with Crippen molar-refractivity contribution in [1.29, 1.82) is 0 Å². The third kappa shape index (κ3) is 3.09. The molecule has 2 rings (SSSR count). The molecule has 20 heavy (non-hydrogen) atoms. The highest BCUT2D eigenvalue weighted by atomic mass is 79.9. The Labute approximate surface area is 129 Å². The zero-order valence-corrected chi connectivity index (χ0v) is 13.5. The first-order chi connectivity index (χ1) is 9.40. The average molecular weight is 359 g/mol. The molecule has 5 nitrogen and oxygen atoms in total. The van der Waals surface area contributed by atoms with Crippen molar-refractivity contribution in [2.75, 3.05) is 11.1 Å². The molecule has 1 aliphatic heterocycles. The summed E-state index contributed by atoms with van der Waals surface area (Å²) in [6, 6.07) is 4.31. The first-order valence-electron chi connectivity index (χ1n) is 6.10. The van der Waals surface area contributed by atoms with E-state index >= 15 is 0 Å². The van der Waals surface area contributed by atoms with Crippen LogP contribution >= 0.6 is 27.7 Å². The molecule has 2 N–H and O–H groups in total. The van der Waals surface area contributed by atoms with Crippen LogP contribution in [0.3, 0.4) is 0 Å². The summed E-state index contributed by atoms with van der Waals surface area (Å²) in [5.74, 6) is -0.549. The smallest absolute Gasteiger partial charge is 0.327 e. The Balaban J connectivity index is 2.14. The number of hydrogen-bond acceptors (Lipinski definition) is 3. The number of rotatable bonds is 2. The highest BCUT2D eigenvalue weighted by Crippen LogP contribution is 2.29. The maximum atomic E-state index is 12.3. The number of carbonyl (C=O) groups is 2. The number of aliphatic carboxylic acids is 1. The summed E-state index contributed by atoms with van der Waals surface area (Å²) in [6.45, 7) is 3.76. The summed E-state index contributed by atoms with van der Waals surface area (Å²) in [6.07, 6.45) is 0. The zero-order valence-electron chi connectivity index (χ0n) is 11.1. The van der Waals surface area contributed by atoms with E-state index in [1.807, 2.05) is 26.0 Å². The van der Waals surface area contributed by atoms with Gasteiger partial charge in [-0.05, 0) is 37.6 Å². The third-order valence-electron chi connectivity index (χ3n) is 3.15. The lowest BCUT2D eigenvalue weighted by atomic mass is 10.2. The van der Waals surface area contributed by atoms with Gasteiger partial charge in [-0.15, -0.1) is 11.8 Å². The Morgan fingerprint density at radius 3 is 2.80 bits per heavy atom. The normalized spacial score (nSPS) is 21.9. The van der Waals surface area contributed by atoms with Gasteiger partial charge in [0.15, 0.2) is 0 Å². The topological polar surface area (TPSA) is 69.6 Å². The molecule has 0 aliphatic carbocycles. The van der Waals surface area contributed by atoms with Gasteiger partial charge in [-0.25, -0.2) is 9.59 Å². The molecule has 1 heterocycles. The van der Waals surface area contributed by atoms with Gasteiger partial charge in [-0.3, -0.25) is 4.90 Å². The largest absolute Gasteiger partial charge is 0.480 e. The van der Waals surface area contributed by atoms with Crippen LogP contribution < -0.4 is 5.32 Å². The van der Waals surface area contributed by atoms with E-state index in [0.717, 1.165) is 10.0 Å². The van der Waals surface area contributed by atoms with Gasteiger partial charge in [0.1, 0.15) is 6.04 Å². The van der Waals surface area contributed by atoms with E-state index in [0.29, 0.717) is 11.4 Å². The van der Waals surface area contributed by atoms with Crippen LogP contribution in [0.15, 0.2) is 22.7 Å². The number of carboxylic acid groups (broad SMARTS) is 1. The fourth-order valence-electron chi connectivity index (χ4n) is 2.05. The fraction of sp³-hybridized carbons (Fsp3) is 0.385. The third-order valence-corrected chi connectivity index (χ3v) is 5.26. The van der Waals surface area contributed by atoms with Crippen LogP contribution in [0.1, 0.15) is 12.5 Å². The molecule has 0 bridgehead atoms. The van der Waals surface area contributed by atoms with Crippen molar-refractivity contribution in [1.82, 2.24) is 4.90 Å². The van der Waals surface area contributed by atoms with Gasteiger partial charge in [0.05, 0.1) is 5.37 Å². The Morgan fingerprint density at radius 1 is 1.50 bits per heavy atom. The van der Waals surface area contributed by atoms with E-state index in [2.05, 4.69) is 21.2 Å². The Kier molecular flexibility index (Phi) is 4.59. The number of nitrogens with one attached hydrogen (secondary N) is 1. The Bertz CT molecular complexity index is 552. The molecule has 2 unspecified atom stereocenters. The maximum absolute atomic E-state index is 12.3. The SMILES string of the molecule is Cc1cc(NC(=O)N2C(C)SCC2C(=O)O)ccc1Br. The van der Waals surface area contributed by atoms with E-state index < -0.39 is 12.0 Å². The second-order valence-electron chi connectivity index (χ2n) is 4.59. The van der Waals surface area contributed by atoms with Crippen molar-refractivity contribution in [3.8, 4) is 0 Å². The number of carbonyl (C=O) groups excluding carboxylic acids is 1. The second-order valence-corrected chi connectivity index (χ2v) is 6.79. The summed E-state index contributed by atoms with van der Waals surface area (Å²) in [5, 5.41) is 11.8. The molecule has 0 spiro atoms. The Morgan fingerprint density at radius 2 is 2.20 bits per heavy atom. The number of hydrogen-bond donors (Lipinski definition) is 2. The minimum absolute atomic E-state index is 0.146. The quantitative estimate of drug-likeness (QED) is 0.851. The fourth-order valence-corrected chi connectivity index (χ4v) is 3.47. The van der Waals surface area contributed by atoms with Crippen molar-refractivity contribution in [3.05, 3.63) is 28.2 Å². The van der Waals surface area contributed by atoms with E-state index in [1.165, 1.54) is 16.7 Å². The average Bonchev–Trinajstić information content (AvgIpc) is 2.76. The molecule has 2 amide bonds. The van der Waals surface area contributed by atoms with Crippen LogP contribution in [0.4, 0.5) is 10.5 Å². The molecule has 1 aromatic carbocycles. The molecular formula is C13H15BrN2O3S. The second kappa shape index (κ2) is 6.05. The number of benzene rings is 1. The van der Waals surface area contributed by atoms with Gasteiger partial charge in [0, 0.05) is 15.9 Å². The first-order valence-corrected chi connectivity index (χ1v) is 7.94. The molecular weight excluding hydrogens is 344 g/mol. The maximum Gasteiger partial charge on any atom is 0.327 e. The predicted octanol–water partition coefficient (Wildman–Crippen LogP) is 3.14. The molecule has 0 saturated carbocycles. The van der Waals surface area contributed by atoms with Crippen molar-refractivity contribution in [3.63, 3.8) is 0 Å². The zero-order chi connectivity index (χ0) is 14.9. The summed E-state index contributed by atoms with van der Waals surface area (Å²) in [5.41, 5.74) is 1.66. The molecule has 7 heteroatoms. The number of amides is 2. The standard InChI is InChI=1S/C13H15BrN2O3S/c1-7-5-9(3-4-10(7)14)15-13(19)16-8(2)20-6-11(16)12(17)18/h3-5,8,11H,6H2,1-2H3,(H,15,19)(H,17,18). The number of thioether (sulfide) groups is 1. The summed E-state index contributed by atoms with van der Waals surface area (Å²) in [4.78, 5) is 24.8. The number of nitrogens with zero attached hydrogens (tertiary/aromatic N) is 1. The molecule has 0 radical (unpaired) electrons. The molecule has 1 aromatic rings. The highest BCUT2D eigenvalue weighted by Gasteiger charge is 2.39. The van der Waals surface area contributed by atoms with Crippen LogP contribution in [-0.2, 0) is 4.79 Å². The van der Waals surface area contributed by atoms with Crippen LogP contribution in [0.5, 0.6) is 0 Å². The van der Waals surface area contributed by atoms with E-state index in [-0.39, 0.29) is 11.4 Å². The van der Waals surface area contributed by atoms with Crippen LogP contribution in [0.25, 0.3) is 0 Å². The van der Waals surface area contributed by atoms with Crippen molar-refractivity contribution in [2.45, 2.75) is 25.3 Å². The minimum Gasteiger partial charge on any atom is -0.480 e. The predicted molar refractivity (Wildman–Crippen MR) is 83.1 cm³/mol. The van der Waals surface area contributed by atoms with Gasteiger partial charge in [0.25, 0.3) is 0 Å². The summed E-state index contributed by atoms with van der Waals surface area (Å²) in [7, 11) is 0. The number of urea groups is 1. The highest BCUT2D eigenvalue weighted by molar-refractivity contribution is 9.10. The molecule has 2 atom stereocenters. The van der Waals surface area contributed by atoms with Gasteiger partial charge >= 0.3 is 12.0 Å². The van der Waals surface area contributed by atoms with E-state index in [4.69, 9.17) is 5.11 Å². The van der Waals surface area contributed by atoms with E-state index in [1.54, 1.807) is 6.07 Å². The molecule has 0 aromatic heterocycles. The van der Waals surface area contributed by atoms with Gasteiger partial charge in [-0.1, -0.05) is 15.9 Å². The van der Waals surface area contributed by atoms with Crippen molar-refractivity contribution in [2.24, 2.45) is 0 Å². The Hall–Kier alpha value is -1.21. The number of aryl methyl sites for hydroxylation is 1. The number of carboxylic acids is 1. The molecule has 1 fully saturated rings. The summed E-state index contributed by atoms with van der Waals surface area (Å²) < 4.78 is 0.962. The van der Waals surface area contributed by atoms with Crippen molar-refractivity contribution < 1.29 is 14.7 Å². The van der Waals surface area contributed by atoms with Crippen LogP contribution in [-0.4, -0.2) is 39.2 Å². The lowest BCUT2D eigenvalue weighted by molar-refractivity contribution is -0.141. The number of halogens is 1.